The second-order valence-corrected chi connectivity index (χ2v) is 9.87. The molecule has 0 radical (unpaired) electrons. The molecule has 0 aromatic heterocycles. The fourth-order valence-electron chi connectivity index (χ4n) is 4.85. The Morgan fingerprint density at radius 1 is 1.06 bits per heavy atom. The summed E-state index contributed by atoms with van der Waals surface area (Å²) < 4.78 is 0. The quantitative estimate of drug-likeness (QED) is 0.723. The molecule has 1 aliphatic carbocycles. The van der Waals surface area contributed by atoms with Crippen LogP contribution in [0.3, 0.4) is 0 Å². The van der Waals surface area contributed by atoms with Crippen molar-refractivity contribution in [2.45, 2.75) is 46.5 Å². The van der Waals surface area contributed by atoms with Gasteiger partial charge in [0.15, 0.2) is 0 Å². The summed E-state index contributed by atoms with van der Waals surface area (Å²) in [4.78, 5) is 32.6. The number of hydrogen-bond acceptors (Lipinski definition) is 4. The number of nitrogens with one attached hydrogen (secondary N) is 1. The van der Waals surface area contributed by atoms with E-state index in [-0.39, 0.29) is 17.7 Å². The minimum absolute atomic E-state index is 0.110. The maximum atomic E-state index is 13.5. The first-order chi connectivity index (χ1) is 15.0. The van der Waals surface area contributed by atoms with E-state index >= 15 is 0 Å². The van der Waals surface area contributed by atoms with E-state index in [0.717, 1.165) is 88.4 Å². The van der Waals surface area contributed by atoms with Gasteiger partial charge in [0, 0.05) is 50.9 Å². The Morgan fingerprint density at radius 3 is 2.42 bits per heavy atom. The normalized spacial score (nSPS) is 22.3. The summed E-state index contributed by atoms with van der Waals surface area (Å²) in [7, 11) is 0. The Kier molecular flexibility index (Phi) is 6.85. The highest BCUT2D eigenvalue weighted by Crippen LogP contribution is 2.34. The van der Waals surface area contributed by atoms with Gasteiger partial charge in [-0.05, 0) is 62.3 Å². The molecule has 0 unspecified atom stereocenters. The zero-order valence-corrected chi connectivity index (χ0v) is 19.4. The van der Waals surface area contributed by atoms with Crippen molar-refractivity contribution in [2.75, 3.05) is 56.0 Å². The summed E-state index contributed by atoms with van der Waals surface area (Å²) in [6, 6.07) is 5.87. The van der Waals surface area contributed by atoms with E-state index in [4.69, 9.17) is 0 Å². The molecule has 2 aliphatic heterocycles. The maximum absolute atomic E-state index is 13.5. The molecule has 0 spiro atoms. The Balaban J connectivity index is 1.54. The summed E-state index contributed by atoms with van der Waals surface area (Å²) in [6.07, 6.45) is 4.28. The summed E-state index contributed by atoms with van der Waals surface area (Å²) >= 11 is 0. The van der Waals surface area contributed by atoms with Gasteiger partial charge in [-0.3, -0.25) is 14.5 Å². The highest BCUT2D eigenvalue weighted by Gasteiger charge is 2.32. The molecular formula is C25H38N4O2. The maximum Gasteiger partial charge on any atom is 0.256 e. The summed E-state index contributed by atoms with van der Waals surface area (Å²) in [5.41, 5.74) is 2.57. The minimum Gasteiger partial charge on any atom is -0.371 e. The van der Waals surface area contributed by atoms with Crippen molar-refractivity contribution in [2.24, 2.45) is 17.8 Å². The monoisotopic (exact) mass is 426 g/mol. The SMILES string of the molecule is CCCN1CCN(C(=O)c2ccc(NC(=O)C3CC3)cc2N2CC[C@@H](C(C)C)C2)CC1. The molecule has 4 rings (SSSR count). The average molecular weight is 427 g/mol. The van der Waals surface area contributed by atoms with Crippen LogP contribution in [-0.2, 0) is 4.79 Å². The van der Waals surface area contributed by atoms with Crippen molar-refractivity contribution >= 4 is 23.2 Å². The third-order valence-electron chi connectivity index (χ3n) is 7.15. The van der Waals surface area contributed by atoms with Gasteiger partial charge in [-0.2, -0.15) is 0 Å². The number of carbonyl (C=O) groups is 2. The summed E-state index contributed by atoms with van der Waals surface area (Å²) in [5, 5.41) is 3.07. The highest BCUT2D eigenvalue weighted by atomic mass is 16.2. The van der Waals surface area contributed by atoms with Crippen LogP contribution >= 0.6 is 0 Å². The van der Waals surface area contributed by atoms with Gasteiger partial charge >= 0.3 is 0 Å². The second-order valence-electron chi connectivity index (χ2n) is 9.87. The molecule has 1 aromatic carbocycles. The zero-order chi connectivity index (χ0) is 22.0. The van der Waals surface area contributed by atoms with Gasteiger partial charge < -0.3 is 15.1 Å². The fourth-order valence-corrected chi connectivity index (χ4v) is 4.85. The van der Waals surface area contributed by atoms with Crippen LogP contribution < -0.4 is 10.2 Å². The first-order valence-corrected chi connectivity index (χ1v) is 12.2. The number of carbonyl (C=O) groups excluding carboxylic acids is 2. The van der Waals surface area contributed by atoms with Crippen LogP contribution in [0.2, 0.25) is 0 Å². The largest absolute Gasteiger partial charge is 0.371 e. The van der Waals surface area contributed by atoms with Gasteiger partial charge in [0.25, 0.3) is 5.91 Å². The Bertz CT molecular complexity index is 797. The van der Waals surface area contributed by atoms with Crippen molar-refractivity contribution in [3.63, 3.8) is 0 Å². The van der Waals surface area contributed by atoms with E-state index in [1.54, 1.807) is 0 Å². The van der Waals surface area contributed by atoms with E-state index < -0.39 is 0 Å². The van der Waals surface area contributed by atoms with E-state index in [9.17, 15) is 9.59 Å². The van der Waals surface area contributed by atoms with Gasteiger partial charge in [-0.25, -0.2) is 0 Å². The summed E-state index contributed by atoms with van der Waals surface area (Å²) in [6.45, 7) is 13.3. The van der Waals surface area contributed by atoms with Crippen molar-refractivity contribution in [3.8, 4) is 0 Å². The Morgan fingerprint density at radius 2 is 1.81 bits per heavy atom. The van der Waals surface area contributed by atoms with Gasteiger partial charge in [0.2, 0.25) is 5.91 Å². The Hall–Kier alpha value is -2.08. The molecule has 31 heavy (non-hydrogen) atoms. The van der Waals surface area contributed by atoms with Crippen molar-refractivity contribution in [1.82, 2.24) is 9.80 Å². The van der Waals surface area contributed by atoms with Crippen LogP contribution in [0.1, 0.15) is 56.8 Å². The Labute approximate surface area is 187 Å². The molecular weight excluding hydrogens is 388 g/mol. The van der Waals surface area contributed by atoms with Crippen LogP contribution in [0.15, 0.2) is 18.2 Å². The summed E-state index contributed by atoms with van der Waals surface area (Å²) in [5.74, 6) is 1.68. The van der Waals surface area contributed by atoms with Crippen LogP contribution in [0.4, 0.5) is 11.4 Å². The van der Waals surface area contributed by atoms with Gasteiger partial charge in [-0.1, -0.05) is 20.8 Å². The number of hydrogen-bond donors (Lipinski definition) is 1. The average Bonchev–Trinajstić information content (AvgIpc) is 3.50. The molecule has 6 heteroatoms. The lowest BCUT2D eigenvalue weighted by Gasteiger charge is -2.35. The third-order valence-corrected chi connectivity index (χ3v) is 7.15. The van der Waals surface area contributed by atoms with Crippen LogP contribution in [-0.4, -0.2) is 67.4 Å². The third kappa shape index (κ3) is 5.22. The molecule has 6 nitrogen and oxygen atoms in total. The molecule has 1 aromatic rings. The van der Waals surface area contributed by atoms with Crippen LogP contribution in [0, 0.1) is 17.8 Å². The van der Waals surface area contributed by atoms with Gasteiger partial charge in [-0.15, -0.1) is 0 Å². The molecule has 170 valence electrons. The molecule has 3 aliphatic rings. The van der Waals surface area contributed by atoms with Crippen molar-refractivity contribution in [1.29, 1.82) is 0 Å². The molecule has 1 N–H and O–H groups in total. The first kappa shape index (κ1) is 22.1. The molecule has 2 saturated heterocycles. The molecule has 2 heterocycles. The van der Waals surface area contributed by atoms with E-state index in [1.165, 1.54) is 0 Å². The second kappa shape index (κ2) is 9.60. The number of piperazine rings is 1. The smallest absolute Gasteiger partial charge is 0.256 e. The lowest BCUT2D eigenvalue weighted by molar-refractivity contribution is -0.117. The molecule has 1 atom stereocenters. The lowest BCUT2D eigenvalue weighted by atomic mass is 9.95. The highest BCUT2D eigenvalue weighted by molar-refractivity contribution is 6.02. The van der Waals surface area contributed by atoms with Crippen LogP contribution in [0.25, 0.3) is 0 Å². The minimum atomic E-state index is 0.110. The molecule has 3 fully saturated rings. The number of anilines is 2. The van der Waals surface area contributed by atoms with Crippen molar-refractivity contribution in [3.05, 3.63) is 23.8 Å². The number of amides is 2. The fraction of sp³-hybridized carbons (Fsp3) is 0.680. The predicted octanol–water partition coefficient (Wildman–Crippen LogP) is 3.69. The molecule has 0 bridgehead atoms. The zero-order valence-electron chi connectivity index (χ0n) is 19.4. The topological polar surface area (TPSA) is 55.9 Å². The van der Waals surface area contributed by atoms with Crippen LogP contribution in [0.5, 0.6) is 0 Å². The lowest BCUT2D eigenvalue weighted by Crippen LogP contribution is -2.49. The van der Waals surface area contributed by atoms with E-state index in [0.29, 0.717) is 11.8 Å². The number of benzene rings is 1. The van der Waals surface area contributed by atoms with Crippen molar-refractivity contribution < 1.29 is 9.59 Å². The molecule has 2 amide bonds. The number of rotatable bonds is 7. The predicted molar refractivity (Wildman–Crippen MR) is 126 cm³/mol. The van der Waals surface area contributed by atoms with Gasteiger partial charge in [0.1, 0.15) is 0 Å². The standard InChI is InChI=1S/C25H38N4O2/c1-4-10-27-12-14-28(15-13-27)25(31)22-8-7-21(26-24(30)19-5-6-19)16-23(22)29-11-9-20(17-29)18(2)3/h7-8,16,18-20H,4-6,9-15,17H2,1-3H3,(H,26,30)/t20-/m1/s1. The first-order valence-electron chi connectivity index (χ1n) is 12.2. The molecule has 1 saturated carbocycles. The van der Waals surface area contributed by atoms with E-state index in [1.807, 2.05) is 23.1 Å². The number of nitrogens with zero attached hydrogens (tertiary/aromatic N) is 3. The van der Waals surface area contributed by atoms with Gasteiger partial charge in [0.05, 0.1) is 11.3 Å². The van der Waals surface area contributed by atoms with E-state index in [2.05, 4.69) is 35.9 Å².